The van der Waals surface area contributed by atoms with Gasteiger partial charge in [-0.15, -0.1) is 0 Å². The monoisotopic (exact) mass is 304 g/mol. The summed E-state index contributed by atoms with van der Waals surface area (Å²) in [6, 6.07) is 9.62. The van der Waals surface area contributed by atoms with Crippen LogP contribution in [-0.2, 0) is 4.79 Å². The lowest BCUT2D eigenvalue weighted by Crippen LogP contribution is -2.50. The largest absolute Gasteiger partial charge is 0.481 e. The van der Waals surface area contributed by atoms with E-state index in [9.17, 15) is 14.7 Å². The number of likely N-dealkylation sites (tertiary alicyclic amines) is 1. The van der Waals surface area contributed by atoms with Crippen molar-refractivity contribution in [3.8, 4) is 0 Å². The van der Waals surface area contributed by atoms with E-state index < -0.39 is 11.9 Å². The zero-order chi connectivity index (χ0) is 16.1. The molecule has 1 aliphatic rings. The molecule has 120 valence electrons. The Morgan fingerprint density at radius 2 is 2.00 bits per heavy atom. The molecule has 0 bridgehead atoms. The number of carboxylic acid groups (broad SMARTS) is 1. The lowest BCUT2D eigenvalue weighted by atomic mass is 9.91. The molecule has 1 aliphatic heterocycles. The number of urea groups is 1. The molecular formula is C17H24N2O3. The Morgan fingerprint density at radius 1 is 1.32 bits per heavy atom. The number of nitrogens with zero attached hydrogens (tertiary/aromatic N) is 1. The van der Waals surface area contributed by atoms with Crippen LogP contribution in [0.2, 0.25) is 0 Å². The summed E-state index contributed by atoms with van der Waals surface area (Å²) in [4.78, 5) is 25.3. The van der Waals surface area contributed by atoms with Crippen LogP contribution in [0.3, 0.4) is 0 Å². The second kappa shape index (κ2) is 7.29. The van der Waals surface area contributed by atoms with E-state index in [1.54, 1.807) is 4.90 Å². The summed E-state index contributed by atoms with van der Waals surface area (Å²) < 4.78 is 0. The fourth-order valence-electron chi connectivity index (χ4n) is 3.04. The van der Waals surface area contributed by atoms with Crippen LogP contribution < -0.4 is 5.32 Å². The predicted molar refractivity (Wildman–Crippen MR) is 84.5 cm³/mol. The number of carbonyl (C=O) groups excluding carboxylic acids is 1. The molecule has 2 amide bonds. The van der Waals surface area contributed by atoms with Crippen LogP contribution in [0.25, 0.3) is 0 Å². The number of amides is 2. The van der Waals surface area contributed by atoms with E-state index in [1.807, 2.05) is 44.2 Å². The third kappa shape index (κ3) is 4.00. The molecule has 22 heavy (non-hydrogen) atoms. The van der Waals surface area contributed by atoms with Gasteiger partial charge in [0, 0.05) is 13.1 Å². The third-order valence-electron chi connectivity index (χ3n) is 4.20. The molecule has 5 nitrogen and oxygen atoms in total. The highest BCUT2D eigenvalue weighted by atomic mass is 16.4. The normalized spacial score (nSPS) is 22.9. The average Bonchev–Trinajstić information content (AvgIpc) is 2.52. The molecule has 2 N–H and O–H groups in total. The minimum Gasteiger partial charge on any atom is -0.481 e. The van der Waals surface area contributed by atoms with Crippen LogP contribution in [0, 0.1) is 11.8 Å². The Bertz CT molecular complexity index is 518. The number of nitrogens with one attached hydrogen (secondary N) is 1. The molecule has 0 spiro atoms. The quantitative estimate of drug-likeness (QED) is 0.898. The van der Waals surface area contributed by atoms with Crippen molar-refractivity contribution < 1.29 is 14.7 Å². The first-order chi connectivity index (χ1) is 10.5. The molecule has 1 aromatic carbocycles. The second-order valence-corrected chi connectivity index (χ2v) is 6.10. The van der Waals surface area contributed by atoms with E-state index in [0.717, 1.165) is 12.0 Å². The van der Waals surface area contributed by atoms with Crippen LogP contribution in [0.1, 0.15) is 38.3 Å². The molecule has 0 saturated carbocycles. The maximum absolute atomic E-state index is 12.5. The molecule has 0 aliphatic carbocycles. The van der Waals surface area contributed by atoms with Crippen molar-refractivity contribution in [3.05, 3.63) is 35.9 Å². The predicted octanol–water partition coefficient (Wildman–Crippen LogP) is 2.89. The van der Waals surface area contributed by atoms with E-state index in [-0.39, 0.29) is 24.5 Å². The fraction of sp³-hybridized carbons (Fsp3) is 0.529. The maximum Gasteiger partial charge on any atom is 0.317 e. The molecule has 0 radical (unpaired) electrons. The number of aliphatic carboxylic acids is 1. The molecule has 1 heterocycles. The molecule has 1 saturated heterocycles. The zero-order valence-electron chi connectivity index (χ0n) is 13.2. The summed E-state index contributed by atoms with van der Waals surface area (Å²) in [5.74, 6) is -1.08. The summed E-state index contributed by atoms with van der Waals surface area (Å²) in [5, 5.41) is 12.2. The highest BCUT2D eigenvalue weighted by Crippen LogP contribution is 2.23. The number of piperidine rings is 1. The van der Waals surface area contributed by atoms with Crippen molar-refractivity contribution in [2.75, 3.05) is 13.1 Å². The van der Waals surface area contributed by atoms with Crippen molar-refractivity contribution in [3.63, 3.8) is 0 Å². The summed E-state index contributed by atoms with van der Waals surface area (Å²) in [6.45, 7) is 4.91. The number of carboxylic acids is 1. The minimum absolute atomic E-state index is 0.0470. The Morgan fingerprint density at radius 3 is 2.59 bits per heavy atom. The van der Waals surface area contributed by atoms with E-state index in [2.05, 4.69) is 5.32 Å². The molecular weight excluding hydrogens is 280 g/mol. The third-order valence-corrected chi connectivity index (χ3v) is 4.20. The van der Waals surface area contributed by atoms with Gasteiger partial charge in [-0.2, -0.15) is 0 Å². The Balaban J connectivity index is 2.02. The first kappa shape index (κ1) is 16.3. The van der Waals surface area contributed by atoms with Crippen molar-refractivity contribution >= 4 is 12.0 Å². The first-order valence-corrected chi connectivity index (χ1v) is 7.84. The molecule has 2 rings (SSSR count). The highest BCUT2D eigenvalue weighted by Gasteiger charge is 2.32. The van der Waals surface area contributed by atoms with Crippen molar-refractivity contribution in [2.24, 2.45) is 11.8 Å². The summed E-state index contributed by atoms with van der Waals surface area (Å²) >= 11 is 0. The van der Waals surface area contributed by atoms with Gasteiger partial charge in [0.1, 0.15) is 0 Å². The highest BCUT2D eigenvalue weighted by molar-refractivity contribution is 5.77. The van der Waals surface area contributed by atoms with Gasteiger partial charge in [-0.25, -0.2) is 4.79 Å². The van der Waals surface area contributed by atoms with Gasteiger partial charge in [-0.3, -0.25) is 4.79 Å². The Hall–Kier alpha value is -2.04. The average molecular weight is 304 g/mol. The molecule has 3 unspecified atom stereocenters. The maximum atomic E-state index is 12.5. The standard InChI is InChI=1S/C17H24N2O3/c1-3-15(13-7-5-4-6-8-13)18-17(22)19-10-12(2)9-14(11-19)16(20)21/h4-8,12,14-15H,3,9-11H2,1-2H3,(H,18,22)(H,20,21). The molecule has 3 atom stereocenters. The lowest BCUT2D eigenvalue weighted by Gasteiger charge is -2.35. The van der Waals surface area contributed by atoms with Gasteiger partial charge in [0.2, 0.25) is 0 Å². The van der Waals surface area contributed by atoms with Gasteiger partial charge in [0.05, 0.1) is 12.0 Å². The van der Waals surface area contributed by atoms with Crippen LogP contribution >= 0.6 is 0 Å². The number of hydrogen-bond acceptors (Lipinski definition) is 2. The van der Waals surface area contributed by atoms with Crippen LogP contribution in [-0.4, -0.2) is 35.1 Å². The van der Waals surface area contributed by atoms with Crippen molar-refractivity contribution in [2.45, 2.75) is 32.7 Å². The van der Waals surface area contributed by atoms with E-state index >= 15 is 0 Å². The van der Waals surface area contributed by atoms with Gasteiger partial charge in [0.25, 0.3) is 0 Å². The summed E-state index contributed by atoms with van der Waals surface area (Å²) in [6.07, 6.45) is 1.43. The second-order valence-electron chi connectivity index (χ2n) is 6.10. The minimum atomic E-state index is -0.820. The van der Waals surface area contributed by atoms with E-state index in [1.165, 1.54) is 0 Å². The number of benzene rings is 1. The van der Waals surface area contributed by atoms with Crippen LogP contribution in [0.4, 0.5) is 4.79 Å². The SMILES string of the molecule is CCC(NC(=O)N1CC(C)CC(C(=O)O)C1)c1ccccc1. The van der Waals surface area contributed by atoms with Crippen molar-refractivity contribution in [1.82, 2.24) is 10.2 Å². The number of carbonyl (C=O) groups is 2. The van der Waals surface area contributed by atoms with Crippen molar-refractivity contribution in [1.29, 1.82) is 0 Å². The summed E-state index contributed by atoms with van der Waals surface area (Å²) in [7, 11) is 0. The Labute approximate surface area is 131 Å². The zero-order valence-corrected chi connectivity index (χ0v) is 13.2. The smallest absolute Gasteiger partial charge is 0.317 e. The van der Waals surface area contributed by atoms with Gasteiger partial charge in [0.15, 0.2) is 0 Å². The van der Waals surface area contributed by atoms with Gasteiger partial charge in [-0.1, -0.05) is 44.2 Å². The number of rotatable bonds is 4. The van der Waals surface area contributed by atoms with Crippen LogP contribution in [0.5, 0.6) is 0 Å². The molecule has 0 aromatic heterocycles. The topological polar surface area (TPSA) is 69.6 Å². The Kier molecular flexibility index (Phi) is 5.41. The lowest BCUT2D eigenvalue weighted by molar-refractivity contribution is -0.143. The van der Waals surface area contributed by atoms with E-state index in [4.69, 9.17) is 0 Å². The van der Waals surface area contributed by atoms with Gasteiger partial charge in [-0.05, 0) is 24.3 Å². The fourth-order valence-corrected chi connectivity index (χ4v) is 3.04. The van der Waals surface area contributed by atoms with Crippen LogP contribution in [0.15, 0.2) is 30.3 Å². The van der Waals surface area contributed by atoms with E-state index in [0.29, 0.717) is 13.0 Å². The molecule has 5 heteroatoms. The number of hydrogen-bond donors (Lipinski definition) is 2. The molecule has 1 fully saturated rings. The van der Waals surface area contributed by atoms with Gasteiger partial charge < -0.3 is 15.3 Å². The molecule has 1 aromatic rings. The summed E-state index contributed by atoms with van der Waals surface area (Å²) in [5.41, 5.74) is 1.07. The first-order valence-electron chi connectivity index (χ1n) is 7.84. The van der Waals surface area contributed by atoms with Gasteiger partial charge >= 0.3 is 12.0 Å².